The Labute approximate surface area is 121 Å². The highest BCUT2D eigenvalue weighted by molar-refractivity contribution is 5.91. The van der Waals surface area contributed by atoms with Crippen molar-refractivity contribution >= 4 is 23.2 Å². The van der Waals surface area contributed by atoms with Crippen LogP contribution in [0.15, 0.2) is 36.4 Å². The smallest absolute Gasteiger partial charge is 0.390 e. The summed E-state index contributed by atoms with van der Waals surface area (Å²) < 4.78 is 42.5. The van der Waals surface area contributed by atoms with Crippen LogP contribution in [-0.4, -0.2) is 13.3 Å². The summed E-state index contributed by atoms with van der Waals surface area (Å²) in [4.78, 5) is 0. The molecule has 0 heterocycles. The molecule has 0 aliphatic carbocycles. The summed E-state index contributed by atoms with van der Waals surface area (Å²) in [5.41, 5.74) is 6.16. The topological polar surface area (TPSA) is 35.2 Å². The van der Waals surface area contributed by atoms with E-state index in [4.69, 9.17) is 10.5 Å². The lowest BCUT2D eigenvalue weighted by Gasteiger charge is -2.17. The first-order valence-corrected chi connectivity index (χ1v) is 5.80. The summed E-state index contributed by atoms with van der Waals surface area (Å²) in [6.07, 6.45) is -5.32. The van der Waals surface area contributed by atoms with Crippen molar-refractivity contribution in [3.8, 4) is 5.75 Å². The SMILES string of the molecule is COc1ccc([C@@H](N)CC(F)(F)F)c2ccccc12.Cl. The third-order valence-electron chi connectivity index (χ3n) is 2.99. The van der Waals surface area contributed by atoms with Gasteiger partial charge in [0.25, 0.3) is 0 Å². The van der Waals surface area contributed by atoms with Gasteiger partial charge in [0, 0.05) is 11.4 Å². The van der Waals surface area contributed by atoms with Crippen LogP contribution in [-0.2, 0) is 0 Å². The summed E-state index contributed by atoms with van der Waals surface area (Å²) in [5, 5.41) is 1.46. The number of hydrogen-bond donors (Lipinski definition) is 1. The van der Waals surface area contributed by atoms with E-state index in [9.17, 15) is 13.2 Å². The fourth-order valence-electron chi connectivity index (χ4n) is 2.16. The molecule has 110 valence electrons. The lowest BCUT2D eigenvalue weighted by Crippen LogP contribution is -2.20. The van der Waals surface area contributed by atoms with E-state index in [1.54, 1.807) is 30.3 Å². The standard InChI is InChI=1S/C14H14F3NO.ClH/c1-19-13-7-6-10(12(18)8-14(15,16)17)9-4-2-3-5-11(9)13;/h2-7,12H,8,18H2,1H3;1H/t12-;/m0./s1. The predicted molar refractivity (Wildman–Crippen MR) is 75.3 cm³/mol. The van der Waals surface area contributed by atoms with Crippen LogP contribution in [0.25, 0.3) is 10.8 Å². The zero-order chi connectivity index (χ0) is 14.0. The third kappa shape index (κ3) is 3.55. The average Bonchev–Trinajstić information content (AvgIpc) is 2.35. The van der Waals surface area contributed by atoms with E-state index in [0.717, 1.165) is 5.39 Å². The van der Waals surface area contributed by atoms with Gasteiger partial charge in [-0.05, 0) is 17.0 Å². The van der Waals surface area contributed by atoms with E-state index in [-0.39, 0.29) is 12.4 Å². The molecule has 2 aromatic carbocycles. The van der Waals surface area contributed by atoms with Crippen molar-refractivity contribution in [2.45, 2.75) is 18.6 Å². The number of halogens is 4. The van der Waals surface area contributed by atoms with Gasteiger partial charge in [-0.3, -0.25) is 0 Å². The molecule has 0 amide bonds. The minimum absolute atomic E-state index is 0. The summed E-state index contributed by atoms with van der Waals surface area (Å²) in [6.45, 7) is 0. The Kier molecular flexibility index (Phi) is 5.25. The molecule has 0 bridgehead atoms. The van der Waals surface area contributed by atoms with Crippen LogP contribution in [0.2, 0.25) is 0 Å². The van der Waals surface area contributed by atoms with Gasteiger partial charge in [0.2, 0.25) is 0 Å². The van der Waals surface area contributed by atoms with E-state index in [0.29, 0.717) is 16.7 Å². The molecule has 0 aliphatic rings. The first-order chi connectivity index (χ1) is 8.92. The first kappa shape index (κ1) is 16.6. The predicted octanol–water partition coefficient (Wildman–Crippen LogP) is 4.22. The van der Waals surface area contributed by atoms with Crippen LogP contribution in [0.4, 0.5) is 13.2 Å². The van der Waals surface area contributed by atoms with Crippen molar-refractivity contribution in [3.63, 3.8) is 0 Å². The number of fused-ring (bicyclic) bond motifs is 1. The number of nitrogens with two attached hydrogens (primary N) is 1. The van der Waals surface area contributed by atoms with Gasteiger partial charge in [-0.1, -0.05) is 30.3 Å². The van der Waals surface area contributed by atoms with Gasteiger partial charge in [0.1, 0.15) is 5.75 Å². The molecular formula is C14H15ClF3NO. The fraction of sp³-hybridized carbons (Fsp3) is 0.286. The highest BCUT2D eigenvalue weighted by Gasteiger charge is 2.31. The highest BCUT2D eigenvalue weighted by Crippen LogP contribution is 2.34. The van der Waals surface area contributed by atoms with Gasteiger partial charge in [-0.15, -0.1) is 12.4 Å². The molecule has 0 radical (unpaired) electrons. The molecule has 2 aromatic rings. The highest BCUT2D eigenvalue weighted by atomic mass is 35.5. The third-order valence-corrected chi connectivity index (χ3v) is 2.99. The molecule has 0 aliphatic heterocycles. The second-order valence-electron chi connectivity index (χ2n) is 4.33. The molecule has 0 saturated carbocycles. The molecule has 2 nitrogen and oxygen atoms in total. The van der Waals surface area contributed by atoms with Crippen molar-refractivity contribution in [1.82, 2.24) is 0 Å². The average molecular weight is 306 g/mol. The summed E-state index contributed by atoms with van der Waals surface area (Å²) >= 11 is 0. The van der Waals surface area contributed by atoms with Gasteiger partial charge >= 0.3 is 6.18 Å². The second-order valence-corrected chi connectivity index (χ2v) is 4.33. The molecule has 2 rings (SSSR count). The molecule has 0 unspecified atom stereocenters. The zero-order valence-corrected chi connectivity index (χ0v) is 11.6. The van der Waals surface area contributed by atoms with Crippen molar-refractivity contribution in [2.24, 2.45) is 5.73 Å². The molecule has 20 heavy (non-hydrogen) atoms. The largest absolute Gasteiger partial charge is 0.496 e. The first-order valence-electron chi connectivity index (χ1n) is 5.80. The molecule has 2 N–H and O–H groups in total. The van der Waals surface area contributed by atoms with Gasteiger partial charge in [0.15, 0.2) is 0 Å². The molecule has 6 heteroatoms. The summed E-state index contributed by atoms with van der Waals surface area (Å²) in [6, 6.07) is 9.30. The Balaban J connectivity index is 0.00000200. The van der Waals surface area contributed by atoms with Crippen LogP contribution >= 0.6 is 12.4 Å². The van der Waals surface area contributed by atoms with Crippen molar-refractivity contribution in [2.75, 3.05) is 7.11 Å². The Morgan fingerprint density at radius 1 is 1.10 bits per heavy atom. The molecular weight excluding hydrogens is 291 g/mol. The van der Waals surface area contributed by atoms with E-state index < -0.39 is 18.6 Å². The Morgan fingerprint density at radius 2 is 1.70 bits per heavy atom. The van der Waals surface area contributed by atoms with Crippen molar-refractivity contribution < 1.29 is 17.9 Å². The van der Waals surface area contributed by atoms with Crippen LogP contribution in [0.3, 0.4) is 0 Å². The molecule has 0 fully saturated rings. The maximum Gasteiger partial charge on any atom is 0.390 e. The number of hydrogen-bond acceptors (Lipinski definition) is 2. The van der Waals surface area contributed by atoms with Crippen molar-refractivity contribution in [3.05, 3.63) is 42.0 Å². The quantitative estimate of drug-likeness (QED) is 0.921. The number of ether oxygens (including phenoxy) is 1. The van der Waals surface area contributed by atoms with Crippen LogP contribution in [0, 0.1) is 0 Å². The van der Waals surface area contributed by atoms with E-state index in [1.165, 1.54) is 7.11 Å². The molecule has 1 atom stereocenters. The Morgan fingerprint density at radius 3 is 2.25 bits per heavy atom. The Hall–Kier alpha value is -1.46. The van der Waals surface area contributed by atoms with Gasteiger partial charge in [-0.2, -0.15) is 13.2 Å². The fourth-order valence-corrected chi connectivity index (χ4v) is 2.16. The Bertz CT molecular complexity index is 586. The second kappa shape index (κ2) is 6.33. The van der Waals surface area contributed by atoms with Crippen LogP contribution < -0.4 is 10.5 Å². The van der Waals surface area contributed by atoms with E-state index >= 15 is 0 Å². The lowest BCUT2D eigenvalue weighted by molar-refractivity contribution is -0.138. The summed E-state index contributed by atoms with van der Waals surface area (Å²) in [7, 11) is 1.52. The van der Waals surface area contributed by atoms with Crippen molar-refractivity contribution in [1.29, 1.82) is 0 Å². The van der Waals surface area contributed by atoms with Gasteiger partial charge in [0.05, 0.1) is 13.5 Å². The number of rotatable bonds is 3. The number of methoxy groups -OCH3 is 1. The minimum Gasteiger partial charge on any atom is -0.496 e. The van der Waals surface area contributed by atoms with Gasteiger partial charge < -0.3 is 10.5 Å². The number of alkyl halides is 3. The lowest BCUT2D eigenvalue weighted by atomic mass is 9.96. The molecule has 0 aromatic heterocycles. The zero-order valence-electron chi connectivity index (χ0n) is 10.8. The molecule has 0 saturated heterocycles. The maximum atomic E-state index is 12.4. The number of benzene rings is 2. The minimum atomic E-state index is -4.28. The van der Waals surface area contributed by atoms with E-state index in [2.05, 4.69) is 0 Å². The molecule has 0 spiro atoms. The monoisotopic (exact) mass is 305 g/mol. The normalized spacial score (nSPS) is 12.8. The van der Waals surface area contributed by atoms with E-state index in [1.807, 2.05) is 6.07 Å². The van der Waals surface area contributed by atoms with Crippen LogP contribution in [0.1, 0.15) is 18.0 Å². The maximum absolute atomic E-state index is 12.4. The van der Waals surface area contributed by atoms with Gasteiger partial charge in [-0.25, -0.2) is 0 Å². The summed E-state index contributed by atoms with van der Waals surface area (Å²) in [5.74, 6) is 0.624. The van der Waals surface area contributed by atoms with Crippen LogP contribution in [0.5, 0.6) is 5.75 Å².